The van der Waals surface area contributed by atoms with Crippen molar-refractivity contribution in [2.45, 2.75) is 77.6 Å². The van der Waals surface area contributed by atoms with Crippen LogP contribution in [0.3, 0.4) is 0 Å². The summed E-state index contributed by atoms with van der Waals surface area (Å²) in [5.74, 6) is 0.237. The summed E-state index contributed by atoms with van der Waals surface area (Å²) >= 11 is 0. The molecule has 0 aliphatic carbocycles. The summed E-state index contributed by atoms with van der Waals surface area (Å²) in [5, 5.41) is 3.02. The smallest absolute Gasteiger partial charge is 0.219 e. The van der Waals surface area contributed by atoms with Crippen LogP contribution in [-0.4, -0.2) is 38.0 Å². The van der Waals surface area contributed by atoms with Gasteiger partial charge in [-0.05, 0) is 39.9 Å². The van der Waals surface area contributed by atoms with Gasteiger partial charge in [0.2, 0.25) is 5.91 Å². The highest BCUT2D eigenvalue weighted by Gasteiger charge is 2.00. The van der Waals surface area contributed by atoms with Crippen LogP contribution in [-0.2, 0) is 4.79 Å². The normalized spacial score (nSPS) is 11.0. The third kappa shape index (κ3) is 15.5. The first kappa shape index (κ1) is 19.4. The van der Waals surface area contributed by atoms with E-state index in [9.17, 15) is 4.79 Å². The van der Waals surface area contributed by atoms with Crippen LogP contribution in [0.25, 0.3) is 0 Å². The van der Waals surface area contributed by atoms with E-state index in [1.807, 2.05) is 0 Å². The van der Waals surface area contributed by atoms with Crippen molar-refractivity contribution in [3.8, 4) is 0 Å². The Morgan fingerprint density at radius 3 is 2.05 bits per heavy atom. The average molecular weight is 284 g/mol. The highest BCUT2D eigenvalue weighted by molar-refractivity contribution is 5.75. The second kappa shape index (κ2) is 14.8. The van der Waals surface area contributed by atoms with Gasteiger partial charge in [0, 0.05) is 13.0 Å². The molecule has 1 amide bonds. The number of hydrogen-bond donors (Lipinski definition) is 1. The molecule has 20 heavy (non-hydrogen) atoms. The molecule has 120 valence electrons. The quantitative estimate of drug-likeness (QED) is 0.489. The van der Waals surface area contributed by atoms with Gasteiger partial charge in [0.05, 0.1) is 0 Å². The number of carbonyl (C=O) groups excluding carboxylic acids is 1. The van der Waals surface area contributed by atoms with Gasteiger partial charge in [-0.15, -0.1) is 0 Å². The number of carbonyl (C=O) groups is 1. The summed E-state index contributed by atoms with van der Waals surface area (Å²) in [4.78, 5) is 13.8. The number of unbranched alkanes of at least 4 members (excludes halogenated alkanes) is 8. The Labute approximate surface area is 126 Å². The van der Waals surface area contributed by atoms with Gasteiger partial charge < -0.3 is 10.2 Å². The van der Waals surface area contributed by atoms with E-state index in [2.05, 4.69) is 31.2 Å². The van der Waals surface area contributed by atoms with Crippen LogP contribution in [0, 0.1) is 0 Å². The lowest BCUT2D eigenvalue weighted by Gasteiger charge is -2.09. The molecule has 0 rings (SSSR count). The number of nitrogens with one attached hydrogen (secondary N) is 1. The van der Waals surface area contributed by atoms with Crippen LogP contribution >= 0.6 is 0 Å². The lowest BCUT2D eigenvalue weighted by atomic mass is 10.1. The van der Waals surface area contributed by atoms with E-state index >= 15 is 0 Å². The lowest BCUT2D eigenvalue weighted by molar-refractivity contribution is -0.121. The Hall–Kier alpha value is -0.570. The molecule has 0 bridgehead atoms. The van der Waals surface area contributed by atoms with Gasteiger partial charge in [0.25, 0.3) is 0 Å². The van der Waals surface area contributed by atoms with Crippen molar-refractivity contribution >= 4 is 5.91 Å². The summed E-state index contributed by atoms with van der Waals surface area (Å²) in [6, 6.07) is 0. The van der Waals surface area contributed by atoms with Crippen LogP contribution in [0.1, 0.15) is 77.6 Å². The molecule has 0 aromatic carbocycles. The standard InChI is InChI=1S/C17H36N2O/c1-4-5-6-7-8-9-10-11-14-17(20)18-15-12-13-16-19(2)3/h4-16H2,1-3H3,(H,18,20). The minimum Gasteiger partial charge on any atom is -0.356 e. The molecule has 3 heteroatoms. The fourth-order valence-corrected chi connectivity index (χ4v) is 2.29. The second-order valence-corrected chi connectivity index (χ2v) is 6.09. The summed E-state index contributed by atoms with van der Waals surface area (Å²) < 4.78 is 0. The Kier molecular flexibility index (Phi) is 14.4. The van der Waals surface area contributed by atoms with Crippen molar-refractivity contribution in [2.75, 3.05) is 27.2 Å². The van der Waals surface area contributed by atoms with E-state index in [0.29, 0.717) is 6.42 Å². The molecule has 0 saturated heterocycles. The zero-order valence-corrected chi connectivity index (χ0v) is 14.0. The topological polar surface area (TPSA) is 32.3 Å². The molecule has 0 atom stereocenters. The third-order valence-corrected chi connectivity index (χ3v) is 3.61. The maximum atomic E-state index is 11.6. The van der Waals surface area contributed by atoms with E-state index in [4.69, 9.17) is 0 Å². The summed E-state index contributed by atoms with van der Waals surface area (Å²) in [6.07, 6.45) is 13.3. The van der Waals surface area contributed by atoms with Gasteiger partial charge in [-0.1, -0.05) is 51.9 Å². The third-order valence-electron chi connectivity index (χ3n) is 3.61. The number of hydrogen-bond acceptors (Lipinski definition) is 2. The Morgan fingerprint density at radius 2 is 1.45 bits per heavy atom. The molecular formula is C17H36N2O. The fraction of sp³-hybridized carbons (Fsp3) is 0.941. The van der Waals surface area contributed by atoms with Crippen LogP contribution < -0.4 is 5.32 Å². The molecule has 0 radical (unpaired) electrons. The maximum Gasteiger partial charge on any atom is 0.219 e. The van der Waals surface area contributed by atoms with E-state index in [0.717, 1.165) is 32.4 Å². The first-order valence-electron chi connectivity index (χ1n) is 8.58. The van der Waals surface area contributed by atoms with E-state index in [1.165, 1.54) is 44.9 Å². The Morgan fingerprint density at radius 1 is 0.850 bits per heavy atom. The van der Waals surface area contributed by atoms with Gasteiger partial charge >= 0.3 is 0 Å². The Balaban J connectivity index is 3.16. The number of amides is 1. The van der Waals surface area contributed by atoms with Crippen LogP contribution in [0.15, 0.2) is 0 Å². The average Bonchev–Trinajstić information content (AvgIpc) is 2.41. The molecule has 1 N–H and O–H groups in total. The van der Waals surface area contributed by atoms with Gasteiger partial charge in [0.15, 0.2) is 0 Å². The van der Waals surface area contributed by atoms with Crippen LogP contribution in [0.4, 0.5) is 0 Å². The van der Waals surface area contributed by atoms with Crippen molar-refractivity contribution in [3.63, 3.8) is 0 Å². The molecule has 0 aromatic rings. The predicted molar refractivity (Wildman–Crippen MR) is 88.0 cm³/mol. The Bertz CT molecular complexity index is 217. The zero-order chi connectivity index (χ0) is 15.1. The van der Waals surface area contributed by atoms with E-state index in [1.54, 1.807) is 0 Å². The van der Waals surface area contributed by atoms with Gasteiger partial charge in [-0.3, -0.25) is 4.79 Å². The molecule has 0 aliphatic heterocycles. The molecule has 0 heterocycles. The van der Waals surface area contributed by atoms with E-state index in [-0.39, 0.29) is 5.91 Å². The number of nitrogens with zero attached hydrogens (tertiary/aromatic N) is 1. The monoisotopic (exact) mass is 284 g/mol. The molecule has 0 spiro atoms. The first-order valence-corrected chi connectivity index (χ1v) is 8.58. The largest absolute Gasteiger partial charge is 0.356 e. The first-order chi connectivity index (χ1) is 9.66. The SMILES string of the molecule is CCCCCCCCCCC(=O)NCCCCN(C)C. The predicted octanol–water partition coefficient (Wildman–Crippen LogP) is 3.98. The second-order valence-electron chi connectivity index (χ2n) is 6.09. The summed E-state index contributed by atoms with van der Waals surface area (Å²) in [5.41, 5.74) is 0. The summed E-state index contributed by atoms with van der Waals surface area (Å²) in [6.45, 7) is 4.19. The lowest BCUT2D eigenvalue weighted by Crippen LogP contribution is -2.24. The molecule has 0 aliphatic rings. The van der Waals surface area contributed by atoms with Crippen molar-refractivity contribution in [1.29, 1.82) is 0 Å². The molecule has 0 aromatic heterocycles. The molecule has 0 unspecified atom stereocenters. The summed E-state index contributed by atoms with van der Waals surface area (Å²) in [7, 11) is 4.17. The molecule has 0 saturated carbocycles. The van der Waals surface area contributed by atoms with Crippen LogP contribution in [0.5, 0.6) is 0 Å². The van der Waals surface area contributed by atoms with Gasteiger partial charge in [-0.25, -0.2) is 0 Å². The fourth-order valence-electron chi connectivity index (χ4n) is 2.29. The van der Waals surface area contributed by atoms with Crippen molar-refractivity contribution in [3.05, 3.63) is 0 Å². The van der Waals surface area contributed by atoms with Crippen molar-refractivity contribution in [1.82, 2.24) is 10.2 Å². The van der Waals surface area contributed by atoms with Gasteiger partial charge in [0.1, 0.15) is 0 Å². The minimum absolute atomic E-state index is 0.237. The molecular weight excluding hydrogens is 248 g/mol. The van der Waals surface area contributed by atoms with Crippen molar-refractivity contribution in [2.24, 2.45) is 0 Å². The van der Waals surface area contributed by atoms with Crippen LogP contribution in [0.2, 0.25) is 0 Å². The van der Waals surface area contributed by atoms with E-state index < -0.39 is 0 Å². The number of rotatable bonds is 14. The zero-order valence-electron chi connectivity index (χ0n) is 14.0. The van der Waals surface area contributed by atoms with Gasteiger partial charge in [-0.2, -0.15) is 0 Å². The molecule has 0 fully saturated rings. The van der Waals surface area contributed by atoms with Crippen molar-refractivity contribution < 1.29 is 4.79 Å². The molecule has 3 nitrogen and oxygen atoms in total. The maximum absolute atomic E-state index is 11.6. The highest BCUT2D eigenvalue weighted by Crippen LogP contribution is 2.09. The highest BCUT2D eigenvalue weighted by atomic mass is 16.1. The minimum atomic E-state index is 0.237.